The van der Waals surface area contributed by atoms with E-state index in [4.69, 9.17) is 14.2 Å². The van der Waals surface area contributed by atoms with Crippen molar-refractivity contribution in [1.82, 2.24) is 15.0 Å². The monoisotopic (exact) mass is 415 g/mol. The Morgan fingerprint density at radius 2 is 1.94 bits per heavy atom. The standard InChI is InChI=1S/C24H21N3O4/c1-29-20-11-9-16(14-21(20)31-15-17-6-3-4-13-25-17)10-12-22-26-19-8-5-7-18(23(19)27-22)24(28)30-2/h3-14H,15H2,1-2H3,(H,26,27)/b12-10+. The Kier molecular flexibility index (Phi) is 5.93. The number of benzene rings is 2. The van der Waals surface area contributed by atoms with Gasteiger partial charge in [0.2, 0.25) is 0 Å². The van der Waals surface area contributed by atoms with Gasteiger partial charge >= 0.3 is 5.97 Å². The lowest BCUT2D eigenvalue weighted by atomic mass is 10.2. The minimum atomic E-state index is -0.419. The average Bonchev–Trinajstić information content (AvgIpc) is 3.25. The van der Waals surface area contributed by atoms with Gasteiger partial charge in [0.15, 0.2) is 11.5 Å². The zero-order chi connectivity index (χ0) is 21.6. The lowest BCUT2D eigenvalue weighted by molar-refractivity contribution is 0.0603. The Hall–Kier alpha value is -4.13. The van der Waals surface area contributed by atoms with E-state index in [2.05, 4.69) is 15.0 Å². The van der Waals surface area contributed by atoms with E-state index in [1.54, 1.807) is 25.4 Å². The zero-order valence-electron chi connectivity index (χ0n) is 17.2. The smallest absolute Gasteiger partial charge is 0.340 e. The Morgan fingerprint density at radius 3 is 2.71 bits per heavy atom. The van der Waals surface area contributed by atoms with Crippen LogP contribution in [-0.4, -0.2) is 35.1 Å². The molecular weight excluding hydrogens is 394 g/mol. The van der Waals surface area contributed by atoms with Crippen molar-refractivity contribution in [1.29, 1.82) is 0 Å². The van der Waals surface area contributed by atoms with E-state index in [9.17, 15) is 4.79 Å². The summed E-state index contributed by atoms with van der Waals surface area (Å²) in [5.41, 5.74) is 3.49. The molecule has 0 saturated heterocycles. The van der Waals surface area contributed by atoms with Gasteiger partial charge in [-0.25, -0.2) is 9.78 Å². The number of hydrogen-bond donors (Lipinski definition) is 1. The first kappa shape index (κ1) is 20.2. The van der Waals surface area contributed by atoms with Crippen LogP contribution in [-0.2, 0) is 11.3 Å². The summed E-state index contributed by atoms with van der Waals surface area (Å²) in [5, 5.41) is 0. The van der Waals surface area contributed by atoms with Crippen LogP contribution in [0.25, 0.3) is 23.2 Å². The molecule has 0 saturated carbocycles. The van der Waals surface area contributed by atoms with E-state index in [1.165, 1.54) is 7.11 Å². The van der Waals surface area contributed by atoms with Gasteiger partial charge in [-0.05, 0) is 48.0 Å². The molecule has 0 unspecified atom stereocenters. The maximum absolute atomic E-state index is 12.0. The fourth-order valence-electron chi connectivity index (χ4n) is 3.12. The van der Waals surface area contributed by atoms with Crippen LogP contribution >= 0.6 is 0 Å². The third-order valence-corrected chi connectivity index (χ3v) is 4.66. The molecule has 0 radical (unpaired) electrons. The van der Waals surface area contributed by atoms with Gasteiger partial charge < -0.3 is 19.2 Å². The van der Waals surface area contributed by atoms with Crippen molar-refractivity contribution in [2.24, 2.45) is 0 Å². The Labute approximate surface area is 179 Å². The third kappa shape index (κ3) is 4.56. The lowest BCUT2D eigenvalue weighted by Gasteiger charge is -2.11. The number of hydrogen-bond acceptors (Lipinski definition) is 6. The van der Waals surface area contributed by atoms with Crippen molar-refractivity contribution in [2.45, 2.75) is 6.61 Å². The molecule has 156 valence electrons. The highest BCUT2D eigenvalue weighted by atomic mass is 16.5. The van der Waals surface area contributed by atoms with Crippen LogP contribution in [0.2, 0.25) is 0 Å². The van der Waals surface area contributed by atoms with Crippen molar-refractivity contribution < 1.29 is 19.0 Å². The number of carbonyl (C=O) groups excluding carboxylic acids is 1. The number of aromatic nitrogens is 3. The molecule has 2 heterocycles. The van der Waals surface area contributed by atoms with Crippen molar-refractivity contribution in [3.8, 4) is 11.5 Å². The SMILES string of the molecule is COC(=O)c1cccc2[nH]c(/C=C/c3ccc(OC)c(OCc4ccccn4)c3)nc12. The Morgan fingerprint density at radius 1 is 1.03 bits per heavy atom. The molecule has 4 aromatic rings. The second-order valence-corrected chi connectivity index (χ2v) is 6.67. The van der Waals surface area contributed by atoms with Crippen LogP contribution < -0.4 is 9.47 Å². The molecule has 0 fully saturated rings. The fourth-order valence-corrected chi connectivity index (χ4v) is 3.12. The third-order valence-electron chi connectivity index (χ3n) is 4.66. The topological polar surface area (TPSA) is 86.3 Å². The lowest BCUT2D eigenvalue weighted by Crippen LogP contribution is -2.01. The zero-order valence-corrected chi connectivity index (χ0v) is 17.2. The van der Waals surface area contributed by atoms with Gasteiger partial charge in [-0.2, -0.15) is 0 Å². The van der Waals surface area contributed by atoms with E-state index in [0.29, 0.717) is 35.0 Å². The summed E-state index contributed by atoms with van der Waals surface area (Å²) in [4.78, 5) is 23.9. The summed E-state index contributed by atoms with van der Waals surface area (Å²) < 4.78 is 16.2. The molecule has 0 aliphatic heterocycles. The first-order valence-corrected chi connectivity index (χ1v) is 9.64. The van der Waals surface area contributed by atoms with E-state index < -0.39 is 5.97 Å². The van der Waals surface area contributed by atoms with Crippen molar-refractivity contribution in [2.75, 3.05) is 14.2 Å². The maximum Gasteiger partial charge on any atom is 0.340 e. The van der Waals surface area contributed by atoms with Crippen LogP contribution in [0.5, 0.6) is 11.5 Å². The van der Waals surface area contributed by atoms with E-state index in [1.807, 2.05) is 54.6 Å². The molecule has 31 heavy (non-hydrogen) atoms. The molecule has 0 aliphatic carbocycles. The number of imidazole rings is 1. The van der Waals surface area contributed by atoms with Crippen molar-refractivity contribution >= 4 is 29.2 Å². The first-order chi connectivity index (χ1) is 15.2. The predicted molar refractivity (Wildman–Crippen MR) is 118 cm³/mol. The Bertz CT molecular complexity index is 1230. The van der Waals surface area contributed by atoms with Gasteiger partial charge in [0, 0.05) is 6.20 Å². The van der Waals surface area contributed by atoms with E-state index >= 15 is 0 Å². The number of pyridine rings is 1. The van der Waals surface area contributed by atoms with Gasteiger partial charge in [0.1, 0.15) is 17.9 Å². The molecule has 7 nitrogen and oxygen atoms in total. The highest BCUT2D eigenvalue weighted by Crippen LogP contribution is 2.29. The number of nitrogens with one attached hydrogen (secondary N) is 1. The van der Waals surface area contributed by atoms with Crippen molar-refractivity contribution in [3.63, 3.8) is 0 Å². The largest absolute Gasteiger partial charge is 0.493 e. The summed E-state index contributed by atoms with van der Waals surface area (Å²) in [5.74, 6) is 1.46. The normalized spacial score (nSPS) is 11.0. The van der Waals surface area contributed by atoms with Crippen LogP contribution in [0, 0.1) is 0 Å². The number of fused-ring (bicyclic) bond motifs is 1. The summed E-state index contributed by atoms with van der Waals surface area (Å²) in [6.07, 6.45) is 5.47. The molecule has 4 rings (SSSR count). The average molecular weight is 415 g/mol. The quantitative estimate of drug-likeness (QED) is 0.447. The number of aromatic amines is 1. The highest BCUT2D eigenvalue weighted by molar-refractivity contribution is 6.02. The maximum atomic E-state index is 12.0. The number of methoxy groups -OCH3 is 2. The molecule has 7 heteroatoms. The van der Waals surface area contributed by atoms with Crippen molar-refractivity contribution in [3.05, 3.63) is 83.4 Å². The molecule has 0 aliphatic rings. The highest BCUT2D eigenvalue weighted by Gasteiger charge is 2.13. The van der Waals surface area contributed by atoms with Gasteiger partial charge in [-0.1, -0.05) is 24.3 Å². The summed E-state index contributed by atoms with van der Waals surface area (Å²) in [6.45, 7) is 0.338. The number of esters is 1. The van der Waals surface area contributed by atoms with Gasteiger partial charge in [0.05, 0.1) is 31.0 Å². The number of para-hydroxylation sites is 1. The molecular formula is C24H21N3O4. The molecule has 0 atom stereocenters. The minimum absolute atomic E-state index is 0.338. The fraction of sp³-hybridized carbons (Fsp3) is 0.125. The summed E-state index contributed by atoms with van der Waals surface area (Å²) in [6, 6.07) is 16.7. The molecule has 0 spiro atoms. The first-order valence-electron chi connectivity index (χ1n) is 9.64. The van der Waals surface area contributed by atoms with Gasteiger partial charge in [-0.3, -0.25) is 4.98 Å². The number of nitrogens with zero attached hydrogens (tertiary/aromatic N) is 2. The van der Waals surface area contributed by atoms with Gasteiger partial charge in [0.25, 0.3) is 0 Å². The van der Waals surface area contributed by atoms with Crippen LogP contribution in [0.1, 0.15) is 27.4 Å². The van der Waals surface area contributed by atoms with Crippen LogP contribution in [0.3, 0.4) is 0 Å². The summed E-state index contributed by atoms with van der Waals surface area (Å²) >= 11 is 0. The second-order valence-electron chi connectivity index (χ2n) is 6.67. The van der Waals surface area contributed by atoms with E-state index in [-0.39, 0.29) is 0 Å². The second kappa shape index (κ2) is 9.13. The Balaban J connectivity index is 1.57. The number of H-pyrrole nitrogens is 1. The number of rotatable bonds is 7. The van der Waals surface area contributed by atoms with Gasteiger partial charge in [-0.15, -0.1) is 0 Å². The number of carbonyl (C=O) groups is 1. The van der Waals surface area contributed by atoms with Crippen LogP contribution in [0.15, 0.2) is 60.8 Å². The molecule has 2 aromatic carbocycles. The number of ether oxygens (including phenoxy) is 3. The molecule has 2 aromatic heterocycles. The minimum Gasteiger partial charge on any atom is -0.493 e. The molecule has 0 bridgehead atoms. The van der Waals surface area contributed by atoms with E-state index in [0.717, 1.165) is 16.8 Å². The predicted octanol–water partition coefficient (Wildman–Crippen LogP) is 4.50. The molecule has 0 amide bonds. The summed E-state index contributed by atoms with van der Waals surface area (Å²) in [7, 11) is 2.96. The molecule has 1 N–H and O–H groups in total. The van der Waals surface area contributed by atoms with Crippen LogP contribution in [0.4, 0.5) is 0 Å².